The number of anilines is 1. The molecule has 0 aromatic heterocycles. The first-order valence-electron chi connectivity index (χ1n) is 8.24. The van der Waals surface area contributed by atoms with Crippen LogP contribution in [0.5, 0.6) is 5.75 Å². The molecule has 1 heterocycles. The number of hydrogen-bond donors (Lipinski definition) is 0. The van der Waals surface area contributed by atoms with Crippen molar-refractivity contribution in [3.63, 3.8) is 0 Å². The Balaban J connectivity index is 1.60. The number of sulfonamides is 1. The number of hydrogen-bond acceptors (Lipinski definition) is 5. The number of rotatable bonds is 4. The maximum Gasteiger partial charge on any atom is 0.332 e. The van der Waals surface area contributed by atoms with E-state index in [1.54, 1.807) is 30.3 Å². The molecular weight excluding hydrogens is 366 g/mol. The molecular formula is C20H15NO5S. The molecule has 0 aliphatic carbocycles. The van der Waals surface area contributed by atoms with Crippen LogP contribution in [0.15, 0.2) is 65.6 Å². The smallest absolute Gasteiger partial charge is 0.332 e. The van der Waals surface area contributed by atoms with Crippen LogP contribution in [0.25, 0.3) is 10.8 Å². The summed E-state index contributed by atoms with van der Waals surface area (Å²) in [5.74, 6) is -0.557. The van der Waals surface area contributed by atoms with E-state index in [4.69, 9.17) is 4.74 Å². The topological polar surface area (TPSA) is 80.8 Å². The number of carbonyl (C=O) groups is 2. The lowest BCUT2D eigenvalue weighted by molar-refractivity contribution is -0.132. The highest BCUT2D eigenvalue weighted by atomic mass is 32.2. The van der Waals surface area contributed by atoms with Crippen molar-refractivity contribution in [2.45, 2.75) is 11.8 Å². The number of nitrogens with zero attached hydrogens (tertiary/aromatic N) is 1. The van der Waals surface area contributed by atoms with Gasteiger partial charge in [0.1, 0.15) is 12.3 Å². The predicted octanol–water partition coefficient (Wildman–Crippen LogP) is 3.16. The molecule has 1 aliphatic rings. The Morgan fingerprint density at radius 3 is 2.30 bits per heavy atom. The molecule has 7 heteroatoms. The van der Waals surface area contributed by atoms with Gasteiger partial charge in [-0.05, 0) is 48.7 Å². The van der Waals surface area contributed by atoms with Crippen LogP contribution in [-0.2, 0) is 14.8 Å². The van der Waals surface area contributed by atoms with Crippen molar-refractivity contribution < 1.29 is 22.7 Å². The van der Waals surface area contributed by atoms with Crippen molar-refractivity contribution in [1.29, 1.82) is 0 Å². The van der Waals surface area contributed by atoms with Crippen LogP contribution in [0, 0.1) is 0 Å². The molecule has 3 aromatic carbocycles. The standard InChI is InChI=1S/C20H15NO5S/c1-13(22)14-8-10-16(11-9-14)26-19(23)12-21-17-6-2-4-15-5-3-7-18(20(15)17)27(21,24)25/h2-11H,12H2,1H3. The maximum absolute atomic E-state index is 12.9. The Bertz CT molecular complexity index is 1180. The molecule has 0 spiro atoms. The average molecular weight is 381 g/mol. The highest BCUT2D eigenvalue weighted by molar-refractivity contribution is 7.93. The van der Waals surface area contributed by atoms with Crippen molar-refractivity contribution in [2.24, 2.45) is 0 Å². The second kappa shape index (κ2) is 6.21. The fraction of sp³-hybridized carbons (Fsp3) is 0.100. The first-order chi connectivity index (χ1) is 12.9. The van der Waals surface area contributed by atoms with Crippen molar-refractivity contribution >= 4 is 38.2 Å². The van der Waals surface area contributed by atoms with Crippen molar-refractivity contribution in [3.05, 3.63) is 66.2 Å². The molecule has 1 aliphatic heterocycles. The van der Waals surface area contributed by atoms with E-state index in [9.17, 15) is 18.0 Å². The largest absolute Gasteiger partial charge is 0.425 e. The highest BCUT2D eigenvalue weighted by Gasteiger charge is 2.37. The van der Waals surface area contributed by atoms with Gasteiger partial charge in [-0.1, -0.05) is 24.3 Å². The SMILES string of the molecule is CC(=O)c1ccc(OC(=O)CN2c3cccc4cccc(c34)S2(=O)=O)cc1. The van der Waals surface area contributed by atoms with Crippen molar-refractivity contribution in [1.82, 2.24) is 0 Å². The molecule has 0 radical (unpaired) electrons. The molecule has 0 saturated heterocycles. The number of esters is 1. The zero-order valence-electron chi connectivity index (χ0n) is 14.4. The monoisotopic (exact) mass is 381 g/mol. The average Bonchev–Trinajstić information content (AvgIpc) is 2.86. The van der Waals surface area contributed by atoms with E-state index in [1.165, 1.54) is 25.1 Å². The molecule has 0 N–H and O–H groups in total. The van der Waals surface area contributed by atoms with Gasteiger partial charge < -0.3 is 4.74 Å². The Labute approximate surface area is 156 Å². The van der Waals surface area contributed by atoms with Gasteiger partial charge in [0, 0.05) is 10.9 Å². The molecule has 0 bridgehead atoms. The third-order valence-electron chi connectivity index (χ3n) is 4.45. The number of ketones is 1. The van der Waals surface area contributed by atoms with Gasteiger partial charge in [-0.15, -0.1) is 0 Å². The zero-order valence-corrected chi connectivity index (χ0v) is 15.2. The van der Waals surface area contributed by atoms with Gasteiger partial charge in [-0.2, -0.15) is 0 Å². The first kappa shape index (κ1) is 17.2. The summed E-state index contributed by atoms with van der Waals surface area (Å²) in [5, 5.41) is 1.41. The maximum atomic E-state index is 12.9. The van der Waals surface area contributed by atoms with Crippen LogP contribution in [0.3, 0.4) is 0 Å². The summed E-state index contributed by atoms with van der Waals surface area (Å²) >= 11 is 0. The van der Waals surface area contributed by atoms with E-state index in [0.29, 0.717) is 16.6 Å². The molecule has 0 amide bonds. The molecule has 136 valence electrons. The number of ether oxygens (including phenoxy) is 1. The minimum atomic E-state index is -3.82. The quantitative estimate of drug-likeness (QED) is 0.394. The molecule has 3 aromatic rings. The predicted molar refractivity (Wildman–Crippen MR) is 101 cm³/mol. The Morgan fingerprint density at radius 2 is 1.63 bits per heavy atom. The fourth-order valence-electron chi connectivity index (χ4n) is 3.17. The summed E-state index contributed by atoms with van der Waals surface area (Å²) in [6.45, 7) is 1.00. The van der Waals surface area contributed by atoms with Crippen LogP contribution >= 0.6 is 0 Å². The number of benzene rings is 3. The molecule has 0 unspecified atom stereocenters. The Kier molecular flexibility index (Phi) is 3.96. The van der Waals surface area contributed by atoms with Gasteiger partial charge in [0.25, 0.3) is 10.0 Å². The lowest BCUT2D eigenvalue weighted by atomic mass is 10.1. The van der Waals surface area contributed by atoms with Gasteiger partial charge in [0.15, 0.2) is 5.78 Å². The lowest BCUT2D eigenvalue weighted by Crippen LogP contribution is -2.34. The summed E-state index contributed by atoms with van der Waals surface area (Å²) in [6.07, 6.45) is 0. The van der Waals surface area contributed by atoms with Gasteiger partial charge in [-0.3, -0.25) is 9.10 Å². The second-order valence-corrected chi connectivity index (χ2v) is 8.03. The molecule has 0 saturated carbocycles. The molecule has 0 atom stereocenters. The normalized spacial score (nSPS) is 14.3. The lowest BCUT2D eigenvalue weighted by Gasteiger charge is -2.17. The van der Waals surface area contributed by atoms with Crippen LogP contribution < -0.4 is 9.04 Å². The molecule has 4 rings (SSSR count). The van der Waals surface area contributed by atoms with Gasteiger partial charge in [0.2, 0.25) is 0 Å². The van der Waals surface area contributed by atoms with Gasteiger partial charge in [0.05, 0.1) is 10.6 Å². The molecule has 27 heavy (non-hydrogen) atoms. The van der Waals surface area contributed by atoms with Crippen LogP contribution in [0.2, 0.25) is 0 Å². The summed E-state index contributed by atoms with van der Waals surface area (Å²) < 4.78 is 32.0. The van der Waals surface area contributed by atoms with Crippen LogP contribution in [0.1, 0.15) is 17.3 Å². The van der Waals surface area contributed by atoms with Gasteiger partial charge >= 0.3 is 5.97 Å². The van der Waals surface area contributed by atoms with E-state index >= 15 is 0 Å². The van der Waals surface area contributed by atoms with E-state index in [-0.39, 0.29) is 16.4 Å². The highest BCUT2D eigenvalue weighted by Crippen LogP contribution is 2.41. The third-order valence-corrected chi connectivity index (χ3v) is 6.25. The zero-order chi connectivity index (χ0) is 19.2. The Morgan fingerprint density at radius 1 is 0.963 bits per heavy atom. The molecule has 0 fully saturated rings. The van der Waals surface area contributed by atoms with E-state index in [2.05, 4.69) is 0 Å². The summed E-state index contributed by atoms with van der Waals surface area (Å²) in [4.78, 5) is 23.8. The van der Waals surface area contributed by atoms with E-state index < -0.39 is 22.5 Å². The molecule has 6 nitrogen and oxygen atoms in total. The van der Waals surface area contributed by atoms with Crippen LogP contribution in [0.4, 0.5) is 5.69 Å². The minimum Gasteiger partial charge on any atom is -0.425 e. The van der Waals surface area contributed by atoms with Crippen molar-refractivity contribution in [3.8, 4) is 5.75 Å². The second-order valence-electron chi connectivity index (χ2n) is 6.20. The summed E-state index contributed by atoms with van der Waals surface area (Å²) in [7, 11) is -3.82. The first-order valence-corrected chi connectivity index (χ1v) is 9.68. The number of Topliss-reactive ketones (excluding diaryl/α,β-unsaturated/α-hetero) is 1. The van der Waals surface area contributed by atoms with Crippen LogP contribution in [-0.4, -0.2) is 26.7 Å². The minimum absolute atomic E-state index is 0.0955. The summed E-state index contributed by atoms with van der Waals surface area (Å²) in [5.41, 5.74) is 0.964. The van der Waals surface area contributed by atoms with E-state index in [0.717, 1.165) is 9.69 Å². The van der Waals surface area contributed by atoms with E-state index in [1.807, 2.05) is 12.1 Å². The fourth-order valence-corrected chi connectivity index (χ4v) is 4.82. The number of carbonyl (C=O) groups excluding carboxylic acids is 2. The Hall–Kier alpha value is -3.19. The van der Waals surface area contributed by atoms with Gasteiger partial charge in [-0.25, -0.2) is 13.2 Å². The summed E-state index contributed by atoms with van der Waals surface area (Å²) in [6, 6.07) is 16.4. The van der Waals surface area contributed by atoms with Crippen molar-refractivity contribution in [2.75, 3.05) is 10.8 Å². The third kappa shape index (κ3) is 2.86.